The Bertz CT molecular complexity index is 1790. The summed E-state index contributed by atoms with van der Waals surface area (Å²) in [6.45, 7) is 0. The lowest BCUT2D eigenvalue weighted by Crippen LogP contribution is -1.87. The molecule has 0 bridgehead atoms. The zero-order valence-electron chi connectivity index (χ0n) is 22.8. The summed E-state index contributed by atoms with van der Waals surface area (Å²) in [5.41, 5.74) is 8.37. The third kappa shape index (κ3) is 6.97. The molecule has 5 rings (SSSR count). The monoisotopic (exact) mass is 538 g/mol. The SMILES string of the molecule is O=Cc1ccccc1/C=C\c1ccccc1C#Cc1ccccc1C#Cc1ccccc1/C=C\c1ccccc1C=O. The molecule has 0 atom stereocenters. The molecule has 0 spiro atoms. The molecule has 0 N–H and O–H groups in total. The van der Waals surface area contributed by atoms with E-state index in [0.29, 0.717) is 11.1 Å². The van der Waals surface area contributed by atoms with Crippen molar-refractivity contribution in [3.8, 4) is 23.7 Å². The first-order valence-electron chi connectivity index (χ1n) is 13.5. The van der Waals surface area contributed by atoms with Crippen LogP contribution >= 0.6 is 0 Å². The number of aldehydes is 2. The summed E-state index contributed by atoms with van der Waals surface area (Å²) in [5, 5.41) is 0. The molecule has 0 aromatic heterocycles. The quantitative estimate of drug-likeness (QED) is 0.123. The van der Waals surface area contributed by atoms with Gasteiger partial charge in [0, 0.05) is 33.4 Å². The Morgan fingerprint density at radius 1 is 0.310 bits per heavy atom. The molecular weight excluding hydrogens is 512 g/mol. The van der Waals surface area contributed by atoms with Crippen molar-refractivity contribution in [2.24, 2.45) is 0 Å². The van der Waals surface area contributed by atoms with Crippen LogP contribution in [0.15, 0.2) is 121 Å². The van der Waals surface area contributed by atoms with E-state index in [1.165, 1.54) is 0 Å². The van der Waals surface area contributed by atoms with Crippen molar-refractivity contribution in [3.63, 3.8) is 0 Å². The van der Waals surface area contributed by atoms with Crippen LogP contribution in [0.25, 0.3) is 24.3 Å². The van der Waals surface area contributed by atoms with Crippen LogP contribution in [0.4, 0.5) is 0 Å². The largest absolute Gasteiger partial charge is 0.298 e. The number of hydrogen-bond acceptors (Lipinski definition) is 2. The molecule has 0 aliphatic rings. The standard InChI is InChI=1S/C40H26O2/c41-29-39-19-9-7-17-37(39)27-25-35-15-5-3-13-33(35)23-21-31-11-1-2-12-32(31)22-24-34-14-4-6-16-36(34)26-28-38-18-8-10-20-40(38)30-42/h1-20,25-30H/b27-25-,28-26-. The number of carbonyl (C=O) groups is 2. The van der Waals surface area contributed by atoms with E-state index in [-0.39, 0.29) is 0 Å². The van der Waals surface area contributed by atoms with Crippen molar-refractivity contribution in [2.75, 3.05) is 0 Å². The van der Waals surface area contributed by atoms with Crippen molar-refractivity contribution < 1.29 is 9.59 Å². The highest BCUT2D eigenvalue weighted by molar-refractivity contribution is 5.86. The van der Waals surface area contributed by atoms with E-state index in [9.17, 15) is 9.59 Å². The predicted octanol–water partition coefficient (Wildman–Crippen LogP) is 8.45. The lowest BCUT2D eigenvalue weighted by molar-refractivity contribution is 0.111. The Hall–Kier alpha value is -5.96. The van der Waals surface area contributed by atoms with Crippen LogP contribution in [0.3, 0.4) is 0 Å². The Labute approximate surface area is 246 Å². The van der Waals surface area contributed by atoms with Crippen LogP contribution in [0.2, 0.25) is 0 Å². The lowest BCUT2D eigenvalue weighted by atomic mass is 10.0. The van der Waals surface area contributed by atoms with Crippen molar-refractivity contribution >= 4 is 36.9 Å². The summed E-state index contributed by atoms with van der Waals surface area (Å²) in [6.07, 6.45) is 9.57. The molecule has 0 fully saturated rings. The minimum Gasteiger partial charge on any atom is -0.298 e. The van der Waals surface area contributed by atoms with Gasteiger partial charge in [0.1, 0.15) is 0 Å². The average molecular weight is 539 g/mol. The minimum atomic E-state index is 0.646. The molecule has 198 valence electrons. The van der Waals surface area contributed by atoms with Gasteiger partial charge in [0.05, 0.1) is 0 Å². The number of rotatable bonds is 6. The second kappa shape index (κ2) is 13.9. The Kier molecular flexibility index (Phi) is 9.14. The van der Waals surface area contributed by atoms with Gasteiger partial charge in [0.2, 0.25) is 0 Å². The Balaban J connectivity index is 1.43. The van der Waals surface area contributed by atoms with Crippen LogP contribution in [-0.4, -0.2) is 12.6 Å². The third-order valence-electron chi connectivity index (χ3n) is 6.64. The second-order valence-electron chi connectivity index (χ2n) is 9.38. The first-order valence-corrected chi connectivity index (χ1v) is 13.5. The summed E-state index contributed by atoms with van der Waals surface area (Å²) in [4.78, 5) is 22.8. The lowest BCUT2D eigenvalue weighted by Gasteiger charge is -2.01. The number of carbonyl (C=O) groups excluding carboxylic acids is 2. The highest BCUT2D eigenvalue weighted by Gasteiger charge is 2.01. The number of hydrogen-bond donors (Lipinski definition) is 0. The van der Waals surface area contributed by atoms with Crippen LogP contribution in [0.5, 0.6) is 0 Å². The zero-order chi connectivity index (χ0) is 29.0. The third-order valence-corrected chi connectivity index (χ3v) is 6.64. The maximum Gasteiger partial charge on any atom is 0.150 e. The normalized spacial score (nSPS) is 10.5. The highest BCUT2D eigenvalue weighted by Crippen LogP contribution is 2.17. The highest BCUT2D eigenvalue weighted by atomic mass is 16.1. The molecule has 0 aliphatic heterocycles. The molecule has 2 heteroatoms. The van der Waals surface area contributed by atoms with Gasteiger partial charge in [-0.3, -0.25) is 9.59 Å². The fourth-order valence-electron chi connectivity index (χ4n) is 4.38. The maximum absolute atomic E-state index is 11.4. The van der Waals surface area contributed by atoms with Crippen LogP contribution < -0.4 is 0 Å². The second-order valence-corrected chi connectivity index (χ2v) is 9.38. The van der Waals surface area contributed by atoms with E-state index < -0.39 is 0 Å². The smallest absolute Gasteiger partial charge is 0.150 e. The maximum atomic E-state index is 11.4. The summed E-state index contributed by atoms with van der Waals surface area (Å²) in [5.74, 6) is 13.3. The molecule has 5 aromatic carbocycles. The van der Waals surface area contributed by atoms with Gasteiger partial charge in [0.15, 0.2) is 12.6 Å². The molecule has 42 heavy (non-hydrogen) atoms. The molecule has 0 unspecified atom stereocenters. The van der Waals surface area contributed by atoms with Crippen LogP contribution in [0.1, 0.15) is 65.2 Å². The molecule has 0 saturated heterocycles. The summed E-state index contributed by atoms with van der Waals surface area (Å²) >= 11 is 0. The molecule has 0 heterocycles. The first-order chi connectivity index (χ1) is 20.7. The van der Waals surface area contributed by atoms with E-state index in [2.05, 4.69) is 23.7 Å². The average Bonchev–Trinajstić information content (AvgIpc) is 3.05. The summed E-state index contributed by atoms with van der Waals surface area (Å²) < 4.78 is 0. The van der Waals surface area contributed by atoms with Gasteiger partial charge in [-0.15, -0.1) is 0 Å². The fraction of sp³-hybridized carbons (Fsp3) is 0. The van der Waals surface area contributed by atoms with Crippen LogP contribution in [0, 0.1) is 23.7 Å². The Morgan fingerprint density at radius 2 is 0.571 bits per heavy atom. The predicted molar refractivity (Wildman–Crippen MR) is 173 cm³/mol. The molecule has 0 amide bonds. The van der Waals surface area contributed by atoms with E-state index >= 15 is 0 Å². The van der Waals surface area contributed by atoms with Gasteiger partial charge in [-0.2, -0.15) is 0 Å². The van der Waals surface area contributed by atoms with E-state index in [4.69, 9.17) is 0 Å². The molecule has 2 nitrogen and oxygen atoms in total. The minimum absolute atomic E-state index is 0.646. The van der Waals surface area contributed by atoms with Gasteiger partial charge >= 0.3 is 0 Å². The summed E-state index contributed by atoms with van der Waals surface area (Å²) in [7, 11) is 0. The topological polar surface area (TPSA) is 34.1 Å². The fourth-order valence-corrected chi connectivity index (χ4v) is 4.38. The van der Waals surface area contributed by atoms with Crippen molar-refractivity contribution in [1.82, 2.24) is 0 Å². The van der Waals surface area contributed by atoms with Gasteiger partial charge in [-0.25, -0.2) is 0 Å². The first kappa shape index (κ1) is 27.6. The molecule has 0 radical (unpaired) electrons. The van der Waals surface area contributed by atoms with E-state index in [0.717, 1.165) is 57.1 Å². The van der Waals surface area contributed by atoms with Crippen molar-refractivity contribution in [2.45, 2.75) is 0 Å². The molecule has 5 aromatic rings. The molecular formula is C40H26O2. The summed E-state index contributed by atoms with van der Waals surface area (Å²) in [6, 6.07) is 38.7. The Morgan fingerprint density at radius 3 is 0.952 bits per heavy atom. The zero-order valence-corrected chi connectivity index (χ0v) is 22.8. The molecule has 0 saturated carbocycles. The van der Waals surface area contributed by atoms with Gasteiger partial charge in [-0.05, 0) is 46.5 Å². The van der Waals surface area contributed by atoms with Gasteiger partial charge in [0.25, 0.3) is 0 Å². The molecule has 0 aliphatic carbocycles. The van der Waals surface area contributed by atoms with Crippen molar-refractivity contribution in [1.29, 1.82) is 0 Å². The van der Waals surface area contributed by atoms with E-state index in [1.807, 2.05) is 133 Å². The van der Waals surface area contributed by atoms with E-state index in [1.54, 1.807) is 12.1 Å². The number of benzene rings is 5. The van der Waals surface area contributed by atoms with Crippen LogP contribution in [-0.2, 0) is 0 Å². The van der Waals surface area contributed by atoms with Gasteiger partial charge < -0.3 is 0 Å². The van der Waals surface area contributed by atoms with Gasteiger partial charge in [-0.1, -0.05) is 145 Å². The van der Waals surface area contributed by atoms with Crippen molar-refractivity contribution in [3.05, 3.63) is 177 Å².